The van der Waals surface area contributed by atoms with Crippen molar-refractivity contribution >= 4 is 28.3 Å². The maximum Gasteiger partial charge on any atom is 0.263 e. The molecular formula is C26H24FN5O4. The Labute approximate surface area is 206 Å². The van der Waals surface area contributed by atoms with Gasteiger partial charge < -0.3 is 24.4 Å². The molecule has 1 saturated heterocycles. The van der Waals surface area contributed by atoms with Crippen LogP contribution in [-0.4, -0.2) is 58.2 Å². The lowest BCUT2D eigenvalue weighted by molar-refractivity contribution is -0.142. The van der Waals surface area contributed by atoms with Crippen molar-refractivity contribution in [2.75, 3.05) is 31.6 Å². The molecule has 4 aromatic rings. The largest absolute Gasteiger partial charge is 0.480 e. The van der Waals surface area contributed by atoms with Gasteiger partial charge in [-0.05, 0) is 43.3 Å². The van der Waals surface area contributed by atoms with Crippen molar-refractivity contribution in [3.8, 4) is 17.2 Å². The topological polar surface area (TPSA) is 98.7 Å². The summed E-state index contributed by atoms with van der Waals surface area (Å²) in [4.78, 5) is 27.2. The Balaban J connectivity index is 1.38. The number of ether oxygens (including phenoxy) is 3. The van der Waals surface area contributed by atoms with Crippen LogP contribution in [0, 0.1) is 5.82 Å². The van der Waals surface area contributed by atoms with Gasteiger partial charge in [0.1, 0.15) is 23.6 Å². The van der Waals surface area contributed by atoms with Gasteiger partial charge in [-0.1, -0.05) is 6.07 Å². The molecule has 1 atom stereocenters. The maximum absolute atomic E-state index is 14.8. The number of hydrogen-bond donors (Lipinski definition) is 1. The van der Waals surface area contributed by atoms with Crippen molar-refractivity contribution in [1.82, 2.24) is 19.9 Å². The number of morpholine rings is 1. The number of nitrogens with zero attached hydrogens (tertiary/aromatic N) is 4. The fourth-order valence-electron chi connectivity index (χ4n) is 3.89. The van der Waals surface area contributed by atoms with E-state index in [0.29, 0.717) is 60.2 Å². The van der Waals surface area contributed by atoms with Gasteiger partial charge in [0.25, 0.3) is 5.91 Å². The van der Waals surface area contributed by atoms with Crippen molar-refractivity contribution in [2.24, 2.45) is 0 Å². The van der Waals surface area contributed by atoms with Crippen LogP contribution in [0.1, 0.15) is 6.92 Å². The molecule has 36 heavy (non-hydrogen) atoms. The van der Waals surface area contributed by atoms with Gasteiger partial charge in [0.05, 0.1) is 30.3 Å². The average molecular weight is 490 g/mol. The van der Waals surface area contributed by atoms with Crippen LogP contribution in [-0.2, 0) is 9.53 Å². The lowest BCUT2D eigenvalue weighted by Gasteiger charge is -2.29. The second-order valence-electron chi connectivity index (χ2n) is 8.13. The van der Waals surface area contributed by atoms with Crippen LogP contribution in [0.4, 0.5) is 15.9 Å². The van der Waals surface area contributed by atoms with Gasteiger partial charge in [0.15, 0.2) is 17.7 Å². The third-order valence-electron chi connectivity index (χ3n) is 5.66. The summed E-state index contributed by atoms with van der Waals surface area (Å²) in [6.07, 6.45) is 3.81. The van der Waals surface area contributed by atoms with Crippen LogP contribution in [0.2, 0.25) is 0 Å². The van der Waals surface area contributed by atoms with Gasteiger partial charge >= 0.3 is 0 Å². The van der Waals surface area contributed by atoms with Gasteiger partial charge in [-0.15, -0.1) is 0 Å². The molecule has 1 aliphatic rings. The van der Waals surface area contributed by atoms with E-state index in [4.69, 9.17) is 14.2 Å². The smallest absolute Gasteiger partial charge is 0.263 e. The van der Waals surface area contributed by atoms with Crippen molar-refractivity contribution in [3.05, 3.63) is 73.1 Å². The van der Waals surface area contributed by atoms with Crippen LogP contribution in [0.3, 0.4) is 0 Å². The van der Waals surface area contributed by atoms with Crippen LogP contribution in [0.5, 0.6) is 17.2 Å². The molecule has 3 heterocycles. The predicted octanol–water partition coefficient (Wildman–Crippen LogP) is 4.33. The summed E-state index contributed by atoms with van der Waals surface area (Å²) in [7, 11) is 0. The summed E-state index contributed by atoms with van der Waals surface area (Å²) in [6, 6.07) is 13.3. The number of halogens is 1. The molecule has 5 rings (SSSR count). The van der Waals surface area contributed by atoms with Gasteiger partial charge in [0, 0.05) is 31.0 Å². The number of hydrogen-bond acceptors (Lipinski definition) is 8. The summed E-state index contributed by atoms with van der Waals surface area (Å²) < 4.78 is 31.7. The van der Waals surface area contributed by atoms with E-state index < -0.39 is 11.9 Å². The minimum atomic E-state index is -0.719. The lowest BCUT2D eigenvalue weighted by atomic mass is 10.2. The van der Waals surface area contributed by atoms with Crippen molar-refractivity contribution in [1.29, 1.82) is 0 Å². The molecule has 9 nitrogen and oxygen atoms in total. The zero-order valence-electron chi connectivity index (χ0n) is 19.6. The first-order valence-corrected chi connectivity index (χ1v) is 11.5. The zero-order chi connectivity index (χ0) is 24.9. The number of carbonyl (C=O) groups is 1. The second kappa shape index (κ2) is 10.5. The fraction of sp³-hybridized carbons (Fsp3) is 0.231. The highest BCUT2D eigenvalue weighted by Gasteiger charge is 2.25. The Morgan fingerprint density at radius 3 is 2.75 bits per heavy atom. The molecule has 184 valence electrons. The molecule has 0 saturated carbocycles. The summed E-state index contributed by atoms with van der Waals surface area (Å²) in [5.41, 5.74) is 1.08. The number of aromatic nitrogens is 3. The lowest BCUT2D eigenvalue weighted by Crippen LogP contribution is -2.46. The normalized spacial score (nSPS) is 14.3. The minimum Gasteiger partial charge on any atom is -0.480 e. The standard InChI is InChI=1S/C26H24FN5O4/c1-17(26(33)32-10-12-34-13-11-32)35-23-6-2-5-21-24(23)25(30-16-29-21)31-18-7-8-22(20(27)14-18)36-19-4-3-9-28-15-19/h2-9,14-17H,10-13H2,1H3,(H,29,30,31)/t17-/m1/s1. The molecule has 0 radical (unpaired) electrons. The summed E-state index contributed by atoms with van der Waals surface area (Å²) >= 11 is 0. The highest BCUT2D eigenvalue weighted by molar-refractivity contribution is 5.96. The second-order valence-corrected chi connectivity index (χ2v) is 8.13. The van der Waals surface area contributed by atoms with E-state index in [1.54, 1.807) is 48.4 Å². The third kappa shape index (κ3) is 5.18. The Morgan fingerprint density at radius 2 is 1.97 bits per heavy atom. The van der Waals surface area contributed by atoms with Gasteiger partial charge in [-0.3, -0.25) is 9.78 Å². The number of amides is 1. The van der Waals surface area contributed by atoms with E-state index in [9.17, 15) is 9.18 Å². The van der Waals surface area contributed by atoms with Gasteiger partial charge in [-0.25, -0.2) is 14.4 Å². The quantitative estimate of drug-likeness (QED) is 0.410. The number of anilines is 2. The average Bonchev–Trinajstić information content (AvgIpc) is 2.91. The van der Waals surface area contributed by atoms with Crippen LogP contribution in [0.25, 0.3) is 10.9 Å². The van der Waals surface area contributed by atoms with Crippen molar-refractivity contribution < 1.29 is 23.4 Å². The number of rotatable bonds is 7. The Bertz CT molecular complexity index is 1360. The molecule has 0 aliphatic carbocycles. The molecule has 2 aromatic carbocycles. The first-order valence-electron chi connectivity index (χ1n) is 11.5. The molecule has 2 aromatic heterocycles. The maximum atomic E-state index is 14.8. The summed E-state index contributed by atoms with van der Waals surface area (Å²) in [5.74, 6) is 0.696. The van der Waals surface area contributed by atoms with E-state index >= 15 is 0 Å². The minimum absolute atomic E-state index is 0.0700. The number of benzene rings is 2. The summed E-state index contributed by atoms with van der Waals surface area (Å²) in [5, 5.41) is 3.72. The Morgan fingerprint density at radius 1 is 1.11 bits per heavy atom. The Kier molecular flexibility index (Phi) is 6.85. The fourth-order valence-corrected chi connectivity index (χ4v) is 3.89. The van der Waals surface area contributed by atoms with E-state index in [1.165, 1.54) is 24.7 Å². The van der Waals surface area contributed by atoms with Gasteiger partial charge in [-0.2, -0.15) is 0 Å². The molecule has 0 spiro atoms. The molecule has 1 amide bonds. The molecule has 0 bridgehead atoms. The number of fused-ring (bicyclic) bond motifs is 1. The molecule has 1 fully saturated rings. The van der Waals surface area contributed by atoms with Gasteiger partial charge in [0.2, 0.25) is 0 Å². The zero-order valence-corrected chi connectivity index (χ0v) is 19.6. The van der Waals surface area contributed by atoms with Crippen molar-refractivity contribution in [2.45, 2.75) is 13.0 Å². The van der Waals surface area contributed by atoms with Crippen molar-refractivity contribution in [3.63, 3.8) is 0 Å². The van der Waals surface area contributed by atoms with E-state index in [-0.39, 0.29) is 11.7 Å². The third-order valence-corrected chi connectivity index (χ3v) is 5.66. The van der Waals surface area contributed by atoms with E-state index in [2.05, 4.69) is 20.3 Å². The molecular weight excluding hydrogens is 465 g/mol. The highest BCUT2D eigenvalue weighted by Crippen LogP contribution is 2.33. The molecule has 1 aliphatic heterocycles. The first-order chi connectivity index (χ1) is 17.6. The van der Waals surface area contributed by atoms with Crippen LogP contribution < -0.4 is 14.8 Å². The van der Waals surface area contributed by atoms with E-state index in [1.807, 2.05) is 6.07 Å². The summed E-state index contributed by atoms with van der Waals surface area (Å²) in [6.45, 7) is 3.80. The molecule has 10 heteroatoms. The number of nitrogens with one attached hydrogen (secondary N) is 1. The van der Waals surface area contributed by atoms with E-state index in [0.717, 1.165) is 0 Å². The SMILES string of the molecule is C[C@@H](Oc1cccc2ncnc(Nc3ccc(Oc4cccnc4)c(F)c3)c12)C(=O)N1CCOCC1. The molecule has 0 unspecified atom stereocenters. The molecule has 1 N–H and O–H groups in total. The number of carbonyl (C=O) groups excluding carboxylic acids is 1. The Hall–Kier alpha value is -4.31. The van der Waals surface area contributed by atoms with Crippen LogP contribution in [0.15, 0.2) is 67.3 Å². The monoisotopic (exact) mass is 489 g/mol. The highest BCUT2D eigenvalue weighted by atomic mass is 19.1. The van der Waals surface area contributed by atoms with Crippen LogP contribution >= 0.6 is 0 Å². The first kappa shape index (κ1) is 23.4. The predicted molar refractivity (Wildman–Crippen MR) is 131 cm³/mol. The number of pyridine rings is 1.